The molecule has 26 heavy (non-hydrogen) atoms. The van der Waals surface area contributed by atoms with Gasteiger partial charge in [-0.15, -0.1) is 0 Å². The number of amides is 1. The van der Waals surface area contributed by atoms with Crippen molar-refractivity contribution >= 4 is 22.6 Å². The van der Waals surface area contributed by atoms with Crippen LogP contribution in [0.25, 0.3) is 11.0 Å². The molecule has 1 N–H and O–H groups in total. The maximum atomic E-state index is 11.9. The second-order valence-corrected chi connectivity index (χ2v) is 7.26. The molecule has 2 heterocycles. The summed E-state index contributed by atoms with van der Waals surface area (Å²) >= 11 is 0. The zero-order chi connectivity index (χ0) is 18.5. The molecule has 6 heteroatoms. The van der Waals surface area contributed by atoms with Crippen LogP contribution in [-0.2, 0) is 17.9 Å². The number of imidazole rings is 1. The molecular formula is C20H31N5O. The Hall–Kier alpha value is -1.92. The molecule has 0 saturated carbocycles. The highest BCUT2D eigenvalue weighted by Crippen LogP contribution is 2.22. The van der Waals surface area contributed by atoms with Crippen LogP contribution in [0.4, 0.5) is 5.69 Å². The van der Waals surface area contributed by atoms with Crippen molar-refractivity contribution < 1.29 is 4.79 Å². The van der Waals surface area contributed by atoms with Crippen LogP contribution in [-0.4, -0.2) is 58.5 Å². The molecule has 3 rings (SSSR count). The summed E-state index contributed by atoms with van der Waals surface area (Å²) in [6, 6.07) is 6.08. The lowest BCUT2D eigenvalue weighted by Crippen LogP contribution is -2.44. The van der Waals surface area contributed by atoms with Gasteiger partial charge < -0.3 is 14.8 Å². The molecule has 0 spiro atoms. The summed E-state index contributed by atoms with van der Waals surface area (Å²) in [4.78, 5) is 21.6. The van der Waals surface area contributed by atoms with Crippen molar-refractivity contribution in [3.63, 3.8) is 0 Å². The number of piperazine rings is 1. The zero-order valence-corrected chi connectivity index (χ0v) is 16.3. The lowest BCUT2D eigenvalue weighted by molar-refractivity contribution is -0.116. The number of carbonyl (C=O) groups is 1. The van der Waals surface area contributed by atoms with Crippen molar-refractivity contribution in [1.29, 1.82) is 0 Å². The van der Waals surface area contributed by atoms with Crippen LogP contribution in [0.5, 0.6) is 0 Å². The van der Waals surface area contributed by atoms with E-state index in [1.165, 1.54) is 0 Å². The number of anilines is 1. The molecule has 1 aliphatic heterocycles. The molecule has 1 aromatic carbocycles. The summed E-state index contributed by atoms with van der Waals surface area (Å²) < 4.78 is 2.34. The van der Waals surface area contributed by atoms with Crippen LogP contribution >= 0.6 is 0 Å². The average molecular weight is 358 g/mol. The zero-order valence-electron chi connectivity index (χ0n) is 16.3. The second-order valence-electron chi connectivity index (χ2n) is 7.26. The van der Waals surface area contributed by atoms with Gasteiger partial charge in [-0.3, -0.25) is 9.69 Å². The highest BCUT2D eigenvalue weighted by molar-refractivity contribution is 5.93. The summed E-state index contributed by atoms with van der Waals surface area (Å²) in [5.41, 5.74) is 2.96. The van der Waals surface area contributed by atoms with Gasteiger partial charge >= 0.3 is 0 Å². The number of likely N-dealkylation sites (N-methyl/N-ethyl adjacent to an activating group) is 1. The number of nitrogens with one attached hydrogen (secondary N) is 1. The van der Waals surface area contributed by atoms with Crippen molar-refractivity contribution in [3.05, 3.63) is 24.0 Å². The number of aromatic nitrogens is 2. The van der Waals surface area contributed by atoms with Crippen LogP contribution in [0.1, 0.15) is 38.9 Å². The van der Waals surface area contributed by atoms with Crippen LogP contribution in [0.15, 0.2) is 18.2 Å². The molecule has 0 atom stereocenters. The average Bonchev–Trinajstić information content (AvgIpc) is 2.94. The van der Waals surface area contributed by atoms with E-state index in [2.05, 4.69) is 39.7 Å². The van der Waals surface area contributed by atoms with E-state index < -0.39 is 0 Å². The second kappa shape index (κ2) is 8.64. The van der Waals surface area contributed by atoms with E-state index in [1.54, 1.807) is 0 Å². The largest absolute Gasteiger partial charge is 0.327 e. The molecule has 0 aliphatic carbocycles. The standard InChI is InChI=1S/C20H31N5O/c1-4-6-20(26)21-16-7-8-18-17(14-16)22-19(25(18)9-5-2)15-24-12-10-23(3)11-13-24/h7-8,14H,4-6,9-13,15H2,1-3H3,(H,21,26). The first-order valence-electron chi connectivity index (χ1n) is 9.80. The van der Waals surface area contributed by atoms with Crippen LogP contribution in [0, 0.1) is 0 Å². The number of nitrogens with zero attached hydrogens (tertiary/aromatic N) is 4. The Balaban J connectivity index is 1.82. The Morgan fingerprint density at radius 2 is 1.92 bits per heavy atom. The molecule has 6 nitrogen and oxygen atoms in total. The molecule has 2 aromatic rings. The van der Waals surface area contributed by atoms with Gasteiger partial charge in [0.05, 0.1) is 17.6 Å². The minimum absolute atomic E-state index is 0.0671. The Morgan fingerprint density at radius 1 is 1.15 bits per heavy atom. The molecule has 142 valence electrons. The molecule has 1 aliphatic rings. The Labute approximate surface area is 156 Å². The maximum absolute atomic E-state index is 11.9. The third-order valence-corrected chi connectivity index (χ3v) is 5.00. The third kappa shape index (κ3) is 4.43. The van der Waals surface area contributed by atoms with Crippen LogP contribution in [0.3, 0.4) is 0 Å². The molecule has 1 saturated heterocycles. The number of benzene rings is 1. The fraction of sp³-hybridized carbons (Fsp3) is 0.600. The van der Waals surface area contributed by atoms with E-state index in [0.717, 1.165) is 74.7 Å². The lowest BCUT2D eigenvalue weighted by atomic mass is 10.2. The molecule has 0 radical (unpaired) electrons. The lowest BCUT2D eigenvalue weighted by Gasteiger charge is -2.32. The molecule has 1 fully saturated rings. The van der Waals surface area contributed by atoms with E-state index in [0.29, 0.717) is 6.42 Å². The molecule has 0 bridgehead atoms. The van der Waals surface area contributed by atoms with Crippen molar-refractivity contribution in [2.75, 3.05) is 38.5 Å². The number of rotatable bonds is 7. The number of fused-ring (bicyclic) bond motifs is 1. The van der Waals surface area contributed by atoms with Gasteiger partial charge in [0.15, 0.2) is 0 Å². The van der Waals surface area contributed by atoms with Gasteiger partial charge in [-0.2, -0.15) is 0 Å². The number of hydrogen-bond acceptors (Lipinski definition) is 4. The van der Waals surface area contributed by atoms with Crippen molar-refractivity contribution in [2.24, 2.45) is 0 Å². The van der Waals surface area contributed by atoms with Gasteiger partial charge in [0.2, 0.25) is 5.91 Å². The van der Waals surface area contributed by atoms with Crippen molar-refractivity contribution in [2.45, 2.75) is 46.2 Å². The summed E-state index contributed by atoms with van der Waals surface area (Å²) in [5, 5.41) is 2.98. The van der Waals surface area contributed by atoms with E-state index in [4.69, 9.17) is 4.98 Å². The van der Waals surface area contributed by atoms with E-state index in [1.807, 2.05) is 19.1 Å². The summed E-state index contributed by atoms with van der Waals surface area (Å²) in [5.74, 6) is 1.20. The first-order chi connectivity index (χ1) is 12.6. The van der Waals surface area contributed by atoms with Crippen molar-refractivity contribution in [3.8, 4) is 0 Å². The smallest absolute Gasteiger partial charge is 0.224 e. The maximum Gasteiger partial charge on any atom is 0.224 e. The molecular weight excluding hydrogens is 326 g/mol. The van der Waals surface area contributed by atoms with Gasteiger partial charge in [-0.25, -0.2) is 4.98 Å². The summed E-state index contributed by atoms with van der Waals surface area (Å²) in [6.07, 6.45) is 2.49. The SMILES string of the molecule is CCCC(=O)Nc1ccc2c(c1)nc(CN1CCN(C)CC1)n2CCC. The van der Waals surface area contributed by atoms with Gasteiger partial charge in [0.25, 0.3) is 0 Å². The highest BCUT2D eigenvalue weighted by atomic mass is 16.1. The van der Waals surface area contributed by atoms with E-state index in [9.17, 15) is 4.79 Å². The first kappa shape index (κ1) is 18.9. The van der Waals surface area contributed by atoms with E-state index >= 15 is 0 Å². The summed E-state index contributed by atoms with van der Waals surface area (Å²) in [7, 11) is 2.18. The third-order valence-electron chi connectivity index (χ3n) is 5.00. The topological polar surface area (TPSA) is 53.4 Å². The monoisotopic (exact) mass is 357 g/mol. The minimum Gasteiger partial charge on any atom is -0.327 e. The molecule has 1 aromatic heterocycles. The fourth-order valence-corrected chi connectivity index (χ4v) is 3.51. The Bertz CT molecular complexity index is 746. The number of carbonyl (C=O) groups excluding carboxylic acids is 1. The fourth-order valence-electron chi connectivity index (χ4n) is 3.51. The quantitative estimate of drug-likeness (QED) is 0.828. The van der Waals surface area contributed by atoms with Crippen LogP contribution < -0.4 is 5.32 Å². The van der Waals surface area contributed by atoms with E-state index in [-0.39, 0.29) is 5.91 Å². The predicted octanol–water partition coefficient (Wildman–Crippen LogP) is 2.93. The van der Waals surface area contributed by atoms with Crippen LogP contribution in [0.2, 0.25) is 0 Å². The highest BCUT2D eigenvalue weighted by Gasteiger charge is 2.18. The Morgan fingerprint density at radius 3 is 2.62 bits per heavy atom. The summed E-state index contributed by atoms with van der Waals surface area (Å²) in [6.45, 7) is 10.5. The first-order valence-corrected chi connectivity index (χ1v) is 9.80. The molecule has 0 unspecified atom stereocenters. The number of hydrogen-bond donors (Lipinski definition) is 1. The number of aryl methyl sites for hydroxylation is 1. The predicted molar refractivity (Wildman–Crippen MR) is 106 cm³/mol. The van der Waals surface area contributed by atoms with Gasteiger partial charge in [-0.05, 0) is 38.1 Å². The Kier molecular flexibility index (Phi) is 6.27. The van der Waals surface area contributed by atoms with Gasteiger partial charge in [0, 0.05) is 44.8 Å². The minimum atomic E-state index is 0.0671. The normalized spacial score (nSPS) is 16.3. The van der Waals surface area contributed by atoms with Gasteiger partial charge in [0.1, 0.15) is 5.82 Å². The molecule has 1 amide bonds. The van der Waals surface area contributed by atoms with Crippen molar-refractivity contribution in [1.82, 2.24) is 19.4 Å². The van der Waals surface area contributed by atoms with Gasteiger partial charge in [-0.1, -0.05) is 13.8 Å².